The van der Waals surface area contributed by atoms with Crippen LogP contribution in [0, 0.1) is 20.8 Å². The lowest BCUT2D eigenvalue weighted by Crippen LogP contribution is -2.52. The van der Waals surface area contributed by atoms with Crippen LogP contribution in [0.1, 0.15) is 40.9 Å². The summed E-state index contributed by atoms with van der Waals surface area (Å²) in [6.45, 7) is 13.1. The number of ketones is 1. The number of carbonyl (C=O) groups is 2. The molecule has 1 fully saturated rings. The Morgan fingerprint density at radius 2 is 1.48 bits per heavy atom. The Bertz CT molecular complexity index is 874. The van der Waals surface area contributed by atoms with Crippen LogP contribution >= 0.6 is 0 Å². The van der Waals surface area contributed by atoms with Gasteiger partial charge in [-0.1, -0.05) is 17.7 Å². The Balaban J connectivity index is 1.59. The van der Waals surface area contributed by atoms with E-state index in [4.69, 9.17) is 0 Å². The highest BCUT2D eigenvalue weighted by molar-refractivity contribution is 5.96. The molecule has 0 saturated carbocycles. The fourth-order valence-electron chi connectivity index (χ4n) is 4.05. The second-order valence-corrected chi connectivity index (χ2v) is 8.07. The van der Waals surface area contributed by atoms with Crippen molar-refractivity contribution in [1.29, 1.82) is 0 Å². The van der Waals surface area contributed by atoms with Crippen molar-refractivity contribution in [1.82, 2.24) is 4.90 Å². The van der Waals surface area contributed by atoms with Gasteiger partial charge < -0.3 is 10.2 Å². The van der Waals surface area contributed by atoms with Crippen molar-refractivity contribution in [2.45, 2.75) is 40.7 Å². The zero-order valence-corrected chi connectivity index (χ0v) is 18.1. The largest absolute Gasteiger partial charge is 0.369 e. The highest BCUT2D eigenvalue weighted by Crippen LogP contribution is 2.23. The Kier molecular flexibility index (Phi) is 6.38. The van der Waals surface area contributed by atoms with Gasteiger partial charge in [-0.25, -0.2) is 0 Å². The molecule has 154 valence electrons. The smallest absolute Gasteiger partial charge is 0.241 e. The summed E-state index contributed by atoms with van der Waals surface area (Å²) in [5.41, 5.74) is 6.19. The summed E-state index contributed by atoms with van der Waals surface area (Å²) in [5, 5.41) is 3.14. The number of benzene rings is 2. The number of hydrogen-bond acceptors (Lipinski definition) is 4. The van der Waals surface area contributed by atoms with Gasteiger partial charge in [0.25, 0.3) is 0 Å². The number of nitrogens with zero attached hydrogens (tertiary/aromatic N) is 2. The van der Waals surface area contributed by atoms with Crippen LogP contribution < -0.4 is 10.2 Å². The van der Waals surface area contributed by atoms with E-state index in [0.29, 0.717) is 0 Å². The lowest BCUT2D eigenvalue weighted by molar-refractivity contribution is -0.120. The summed E-state index contributed by atoms with van der Waals surface area (Å²) in [7, 11) is 0. The van der Waals surface area contributed by atoms with Gasteiger partial charge in [0.05, 0.1) is 6.04 Å². The molecule has 3 rings (SSSR count). The van der Waals surface area contributed by atoms with Gasteiger partial charge in [0.15, 0.2) is 5.78 Å². The normalized spacial score (nSPS) is 15.8. The first-order valence-electron chi connectivity index (χ1n) is 10.2. The highest BCUT2D eigenvalue weighted by atomic mass is 16.2. The fraction of sp³-hybridized carbons (Fsp3) is 0.417. The van der Waals surface area contributed by atoms with Crippen LogP contribution in [0.25, 0.3) is 0 Å². The summed E-state index contributed by atoms with van der Waals surface area (Å²) in [6.07, 6.45) is 0. The summed E-state index contributed by atoms with van der Waals surface area (Å²) < 4.78 is 0. The minimum Gasteiger partial charge on any atom is -0.369 e. The maximum Gasteiger partial charge on any atom is 0.241 e. The summed E-state index contributed by atoms with van der Waals surface area (Å²) in [5.74, 6) is 0.125. The van der Waals surface area contributed by atoms with E-state index >= 15 is 0 Å². The molecular formula is C24H31N3O2. The Labute approximate surface area is 173 Å². The molecule has 1 amide bonds. The molecule has 0 aromatic heterocycles. The number of amides is 1. The molecule has 29 heavy (non-hydrogen) atoms. The summed E-state index contributed by atoms with van der Waals surface area (Å²) in [6, 6.07) is 11.8. The predicted molar refractivity (Wildman–Crippen MR) is 119 cm³/mol. The molecule has 1 aliphatic rings. The van der Waals surface area contributed by atoms with Gasteiger partial charge in [0.1, 0.15) is 0 Å². The zero-order valence-electron chi connectivity index (χ0n) is 18.1. The maximum atomic E-state index is 12.9. The minimum absolute atomic E-state index is 0.0410. The molecule has 1 aliphatic heterocycles. The van der Waals surface area contributed by atoms with Crippen molar-refractivity contribution < 1.29 is 9.59 Å². The van der Waals surface area contributed by atoms with E-state index < -0.39 is 0 Å². The highest BCUT2D eigenvalue weighted by Gasteiger charge is 2.26. The molecule has 5 heteroatoms. The van der Waals surface area contributed by atoms with E-state index in [2.05, 4.69) is 34.2 Å². The van der Waals surface area contributed by atoms with Crippen LogP contribution in [0.5, 0.6) is 0 Å². The molecule has 5 nitrogen and oxygen atoms in total. The van der Waals surface area contributed by atoms with Gasteiger partial charge in [-0.05, 0) is 70.0 Å². The molecule has 1 N–H and O–H groups in total. The van der Waals surface area contributed by atoms with Crippen molar-refractivity contribution in [2.24, 2.45) is 0 Å². The van der Waals surface area contributed by atoms with E-state index in [0.717, 1.165) is 54.2 Å². The second kappa shape index (κ2) is 8.78. The fourth-order valence-corrected chi connectivity index (χ4v) is 4.05. The number of carbonyl (C=O) groups excluding carboxylic acids is 2. The molecule has 1 unspecified atom stereocenters. The second-order valence-electron chi connectivity index (χ2n) is 8.07. The molecule has 2 aromatic rings. The average molecular weight is 394 g/mol. The third-order valence-electron chi connectivity index (χ3n) is 5.81. The number of aryl methyl sites for hydroxylation is 3. The molecule has 0 bridgehead atoms. The van der Waals surface area contributed by atoms with E-state index in [1.165, 1.54) is 5.56 Å². The van der Waals surface area contributed by atoms with E-state index in [1.807, 2.05) is 45.0 Å². The van der Waals surface area contributed by atoms with Gasteiger partial charge in [-0.3, -0.25) is 14.5 Å². The van der Waals surface area contributed by atoms with Gasteiger partial charge in [0, 0.05) is 43.1 Å². The summed E-state index contributed by atoms with van der Waals surface area (Å²) >= 11 is 0. The van der Waals surface area contributed by atoms with Crippen molar-refractivity contribution >= 4 is 23.1 Å². The summed E-state index contributed by atoms with van der Waals surface area (Å²) in [4.78, 5) is 28.8. The Morgan fingerprint density at radius 3 is 2.00 bits per heavy atom. The first-order valence-corrected chi connectivity index (χ1v) is 10.2. The molecule has 1 heterocycles. The molecule has 1 saturated heterocycles. The first-order chi connectivity index (χ1) is 13.8. The lowest BCUT2D eigenvalue weighted by atomic mass is 10.0. The number of hydrogen-bond donors (Lipinski definition) is 1. The lowest BCUT2D eigenvalue weighted by Gasteiger charge is -2.38. The van der Waals surface area contributed by atoms with Crippen LogP contribution in [0.4, 0.5) is 11.4 Å². The van der Waals surface area contributed by atoms with Crippen molar-refractivity contribution in [3.8, 4) is 0 Å². The standard InChI is InChI=1S/C24H31N3O2/c1-16-14-17(2)23(18(3)15-16)25-24(29)19(4)26-10-12-27(13-11-26)22-8-6-21(7-9-22)20(5)28/h6-9,14-15,19H,10-13H2,1-5H3,(H,25,29). The van der Waals surface area contributed by atoms with Crippen LogP contribution in [0.15, 0.2) is 36.4 Å². The van der Waals surface area contributed by atoms with Crippen molar-refractivity contribution in [3.05, 3.63) is 58.7 Å². The molecular weight excluding hydrogens is 362 g/mol. The Morgan fingerprint density at radius 1 is 0.931 bits per heavy atom. The van der Waals surface area contributed by atoms with Crippen molar-refractivity contribution in [2.75, 3.05) is 36.4 Å². The van der Waals surface area contributed by atoms with Crippen LogP contribution in [-0.4, -0.2) is 48.8 Å². The topological polar surface area (TPSA) is 52.7 Å². The van der Waals surface area contributed by atoms with Gasteiger partial charge >= 0.3 is 0 Å². The minimum atomic E-state index is -0.183. The van der Waals surface area contributed by atoms with E-state index in [9.17, 15) is 9.59 Å². The zero-order chi connectivity index (χ0) is 21.1. The monoisotopic (exact) mass is 393 g/mol. The number of Topliss-reactive ketones (excluding diaryl/α,β-unsaturated/α-hetero) is 1. The third-order valence-corrected chi connectivity index (χ3v) is 5.81. The molecule has 0 radical (unpaired) electrons. The van der Waals surface area contributed by atoms with E-state index in [-0.39, 0.29) is 17.7 Å². The van der Waals surface area contributed by atoms with Crippen molar-refractivity contribution in [3.63, 3.8) is 0 Å². The quantitative estimate of drug-likeness (QED) is 0.781. The van der Waals surface area contributed by atoms with E-state index in [1.54, 1.807) is 6.92 Å². The SMILES string of the molecule is CC(=O)c1ccc(N2CCN(C(C)C(=O)Nc3c(C)cc(C)cc3C)CC2)cc1. The van der Waals surface area contributed by atoms with Crippen LogP contribution in [0.3, 0.4) is 0 Å². The molecule has 1 atom stereocenters. The first kappa shape index (κ1) is 21.1. The van der Waals surface area contributed by atoms with Crippen LogP contribution in [-0.2, 0) is 4.79 Å². The predicted octanol–water partition coefficient (Wildman–Crippen LogP) is 3.96. The number of piperazine rings is 1. The number of rotatable bonds is 5. The average Bonchev–Trinajstić information content (AvgIpc) is 2.70. The van der Waals surface area contributed by atoms with Crippen LogP contribution in [0.2, 0.25) is 0 Å². The number of nitrogens with one attached hydrogen (secondary N) is 1. The van der Waals surface area contributed by atoms with Gasteiger partial charge in [0.2, 0.25) is 5.91 Å². The molecule has 0 aliphatic carbocycles. The van der Waals surface area contributed by atoms with Gasteiger partial charge in [-0.2, -0.15) is 0 Å². The molecule has 2 aromatic carbocycles. The Hall–Kier alpha value is -2.66. The maximum absolute atomic E-state index is 12.9. The van der Waals surface area contributed by atoms with Gasteiger partial charge in [-0.15, -0.1) is 0 Å². The molecule has 0 spiro atoms. The third kappa shape index (κ3) is 4.85. The number of anilines is 2.